The van der Waals surface area contributed by atoms with E-state index in [9.17, 15) is 4.79 Å². The molecule has 1 heterocycles. The number of rotatable bonds is 0. The fraction of sp³-hybridized carbons (Fsp3) is 0. The Bertz CT molecular complexity index is 209. The third-order valence-corrected chi connectivity index (χ3v) is 0.760. The fourth-order valence-corrected chi connectivity index (χ4v) is 0.369. The van der Waals surface area contributed by atoms with E-state index >= 15 is 0 Å². The van der Waals surface area contributed by atoms with Crippen LogP contribution in [-0.4, -0.2) is 28.4 Å². The first-order chi connectivity index (χ1) is 4.70. The second-order valence-corrected chi connectivity index (χ2v) is 1.48. The van der Waals surface area contributed by atoms with Crippen LogP contribution in [0.25, 0.3) is 0 Å². The van der Waals surface area contributed by atoms with Crippen LogP contribution < -0.4 is 11.3 Å². The van der Waals surface area contributed by atoms with Crippen molar-refractivity contribution in [2.75, 3.05) is 0 Å². The number of amides is 1. The van der Waals surface area contributed by atoms with Crippen molar-refractivity contribution in [3.63, 3.8) is 0 Å². The Kier molecular flexibility index (Phi) is 1.40. The van der Waals surface area contributed by atoms with Crippen LogP contribution in [0.2, 0.25) is 0 Å². The van der Waals surface area contributed by atoms with Gasteiger partial charge >= 0.3 is 6.09 Å². The second-order valence-electron chi connectivity index (χ2n) is 1.48. The van der Waals surface area contributed by atoms with E-state index in [1.54, 1.807) is 0 Å². The minimum Gasteiger partial charge on any atom is -0.462 e. The summed E-state index contributed by atoms with van der Waals surface area (Å²) in [7, 11) is 0. The average molecular weight is 143 g/mol. The average Bonchev–Trinajstić information content (AvgIpc) is 1.88. The molecule has 4 N–H and O–H groups in total. The van der Waals surface area contributed by atoms with E-state index in [0.717, 1.165) is 6.21 Å². The lowest BCUT2D eigenvalue weighted by molar-refractivity contribution is 0.123. The van der Waals surface area contributed by atoms with Crippen LogP contribution in [0.15, 0.2) is 10.2 Å². The first-order valence-corrected chi connectivity index (χ1v) is 2.36. The first-order valence-electron chi connectivity index (χ1n) is 2.36. The molecule has 0 aliphatic carbocycles. The van der Waals surface area contributed by atoms with Gasteiger partial charge in [0.1, 0.15) is 0 Å². The molecular weight excluding hydrogens is 138 g/mol. The molecule has 0 saturated heterocycles. The van der Waals surface area contributed by atoms with Crippen LogP contribution in [0.5, 0.6) is 0 Å². The summed E-state index contributed by atoms with van der Waals surface area (Å²) in [6, 6.07) is 0. The molecule has 0 atom stereocenters. The van der Waals surface area contributed by atoms with Gasteiger partial charge in [0.05, 0.1) is 6.21 Å². The van der Waals surface area contributed by atoms with Gasteiger partial charge in [-0.3, -0.25) is 0 Å². The van der Waals surface area contributed by atoms with Crippen molar-refractivity contribution >= 4 is 18.1 Å². The van der Waals surface area contributed by atoms with E-state index in [1.807, 2.05) is 0 Å². The molecule has 0 aromatic heterocycles. The monoisotopic (exact) mass is 143 g/mol. The van der Waals surface area contributed by atoms with Gasteiger partial charge in [0, 0.05) is 0 Å². The van der Waals surface area contributed by atoms with Crippen LogP contribution in [0.1, 0.15) is 0 Å². The van der Waals surface area contributed by atoms with Crippen molar-refractivity contribution in [1.29, 1.82) is 0 Å². The number of nitrogens with one attached hydrogen (secondary N) is 1. The van der Waals surface area contributed by atoms with Crippen molar-refractivity contribution in [3.05, 3.63) is 0 Å². The first kappa shape index (κ1) is 6.33. The van der Waals surface area contributed by atoms with E-state index in [1.165, 1.54) is 0 Å². The van der Waals surface area contributed by atoms with Crippen LogP contribution in [0.4, 0.5) is 4.79 Å². The van der Waals surface area contributed by atoms with Gasteiger partial charge in [0.2, 0.25) is 0 Å². The van der Waals surface area contributed by atoms with Crippen LogP contribution >= 0.6 is 0 Å². The maximum Gasteiger partial charge on any atom is 0.449 e. The highest BCUT2D eigenvalue weighted by molar-refractivity contribution is 6.28. The van der Waals surface area contributed by atoms with E-state index < -0.39 is 6.09 Å². The Hall–Kier alpha value is -1.79. The molecule has 0 aromatic carbocycles. The highest BCUT2D eigenvalue weighted by Gasteiger charge is 2.10. The predicted molar refractivity (Wildman–Crippen MR) is 33.1 cm³/mol. The summed E-state index contributed by atoms with van der Waals surface area (Å²) in [5, 5.41) is 15.5. The molecule has 0 radical (unpaired) electrons. The zero-order valence-corrected chi connectivity index (χ0v) is 4.85. The van der Waals surface area contributed by atoms with Gasteiger partial charge < -0.3 is 10.8 Å². The van der Waals surface area contributed by atoms with Crippen molar-refractivity contribution in [2.24, 2.45) is 15.9 Å². The minimum atomic E-state index is -1.24. The lowest BCUT2D eigenvalue weighted by Crippen LogP contribution is -2.40. The molecule has 54 valence electrons. The van der Waals surface area contributed by atoms with Crippen LogP contribution in [0, 0.1) is 0 Å². The number of hydrazone groups is 2. The predicted octanol–water partition coefficient (Wildman–Crippen LogP) is -1.26. The van der Waals surface area contributed by atoms with Gasteiger partial charge in [0.15, 0.2) is 5.84 Å². The summed E-state index contributed by atoms with van der Waals surface area (Å²) in [5.41, 5.74) is 7.18. The summed E-state index contributed by atoms with van der Waals surface area (Å²) >= 11 is 0. The molecule has 0 unspecified atom stereocenters. The van der Waals surface area contributed by atoms with E-state index in [-0.39, 0.29) is 5.84 Å². The van der Waals surface area contributed by atoms with Gasteiger partial charge in [-0.2, -0.15) is 5.53 Å². The molecule has 7 heteroatoms. The van der Waals surface area contributed by atoms with E-state index in [2.05, 4.69) is 15.7 Å². The maximum absolute atomic E-state index is 10.1. The Morgan fingerprint density at radius 1 is 1.90 bits per heavy atom. The number of nitrogens with zero attached hydrogens (tertiary/aromatic N) is 3. The molecule has 10 heavy (non-hydrogen) atoms. The molecule has 0 saturated carbocycles. The zero-order chi connectivity index (χ0) is 7.56. The molecule has 0 spiro atoms. The summed E-state index contributed by atoms with van der Waals surface area (Å²) < 4.78 is 0. The lowest BCUT2D eigenvalue weighted by atomic mass is 10.7. The normalized spacial score (nSPS) is 16.0. The molecule has 1 aliphatic rings. The number of carboxylic acid groups (broad SMARTS) is 1. The molecule has 7 nitrogen and oxygen atoms in total. The van der Waals surface area contributed by atoms with Gasteiger partial charge in [-0.15, -0.1) is 10.2 Å². The minimum absolute atomic E-state index is 0.137. The Labute approximate surface area is 55.8 Å². The van der Waals surface area contributed by atoms with Crippen molar-refractivity contribution < 1.29 is 9.90 Å². The summed E-state index contributed by atoms with van der Waals surface area (Å²) in [4.78, 5) is 10.1. The van der Waals surface area contributed by atoms with Crippen molar-refractivity contribution in [2.45, 2.75) is 0 Å². The zero-order valence-electron chi connectivity index (χ0n) is 4.85. The van der Waals surface area contributed by atoms with Crippen LogP contribution in [-0.2, 0) is 0 Å². The van der Waals surface area contributed by atoms with Crippen LogP contribution in [0.3, 0.4) is 0 Å². The summed E-state index contributed by atoms with van der Waals surface area (Å²) in [5.74, 6) is 0.137. The highest BCUT2D eigenvalue weighted by Crippen LogP contribution is 1.87. The molecular formula is C3H5N5O2. The number of hydrogen-bond acceptors (Lipinski definition) is 5. The molecule has 0 aromatic rings. The van der Waals surface area contributed by atoms with E-state index in [0.29, 0.717) is 5.12 Å². The molecule has 0 bridgehead atoms. The number of hydrogen-bond donors (Lipinski definition) is 3. The lowest BCUT2D eigenvalue weighted by Gasteiger charge is -2.13. The highest BCUT2D eigenvalue weighted by atomic mass is 16.4. The maximum atomic E-state index is 10.1. The Balaban J connectivity index is 2.60. The standard InChI is InChI=1S/C3H5N5O2/c4-2-1-5-8(3(9)10)7-6-2/h1,7H,(H2,4,6)(H,9,10). The summed E-state index contributed by atoms with van der Waals surface area (Å²) in [6.45, 7) is 0. The third-order valence-electron chi connectivity index (χ3n) is 0.760. The number of hydrazine groups is 1. The molecule has 0 fully saturated rings. The molecule has 1 rings (SSSR count). The smallest absolute Gasteiger partial charge is 0.449 e. The third kappa shape index (κ3) is 1.13. The summed E-state index contributed by atoms with van der Waals surface area (Å²) in [6.07, 6.45) is -0.113. The second kappa shape index (κ2) is 2.21. The fourth-order valence-electron chi connectivity index (χ4n) is 0.369. The topological polar surface area (TPSA) is 103 Å². The Morgan fingerprint density at radius 2 is 2.60 bits per heavy atom. The Morgan fingerprint density at radius 3 is 3.00 bits per heavy atom. The number of amidine groups is 1. The number of nitrogens with two attached hydrogens (primary N) is 1. The quantitative estimate of drug-likeness (QED) is 0.393. The molecule has 1 aliphatic heterocycles. The van der Waals surface area contributed by atoms with Gasteiger partial charge in [-0.1, -0.05) is 5.12 Å². The van der Waals surface area contributed by atoms with Gasteiger partial charge in [-0.25, -0.2) is 4.79 Å². The van der Waals surface area contributed by atoms with Gasteiger partial charge in [-0.05, 0) is 0 Å². The van der Waals surface area contributed by atoms with E-state index in [4.69, 9.17) is 10.8 Å². The molecule has 1 amide bonds. The van der Waals surface area contributed by atoms with Gasteiger partial charge in [0.25, 0.3) is 0 Å². The number of carbonyl (C=O) groups is 1. The van der Waals surface area contributed by atoms with Crippen molar-refractivity contribution in [3.8, 4) is 0 Å². The SMILES string of the molecule is NC1=NNN(C(=O)O)N=C1. The largest absolute Gasteiger partial charge is 0.462 e. The van der Waals surface area contributed by atoms with Crippen molar-refractivity contribution in [1.82, 2.24) is 10.7 Å².